The summed E-state index contributed by atoms with van der Waals surface area (Å²) in [5, 5.41) is 0. The molecular formula is C11H9FO2. The molecule has 0 bridgehead atoms. The number of carbonyl (C=O) groups is 1. The fraction of sp³-hybridized carbons (Fsp3) is 0.182. The Bertz CT molecular complexity index is 371. The Kier molecular flexibility index (Phi) is 3.84. The molecule has 0 spiro atoms. The molecule has 0 aliphatic rings. The summed E-state index contributed by atoms with van der Waals surface area (Å²) in [5.74, 6) is 4.38. The highest BCUT2D eigenvalue weighted by atomic mass is 19.1. The fourth-order valence-corrected chi connectivity index (χ4v) is 0.842. The Morgan fingerprint density at radius 2 is 2.07 bits per heavy atom. The fourth-order valence-electron chi connectivity index (χ4n) is 0.842. The van der Waals surface area contributed by atoms with Crippen molar-refractivity contribution in [2.75, 3.05) is 13.7 Å². The van der Waals surface area contributed by atoms with Crippen LogP contribution in [-0.2, 0) is 9.53 Å². The highest BCUT2D eigenvalue weighted by Crippen LogP contribution is 2.00. The zero-order chi connectivity index (χ0) is 10.4. The van der Waals surface area contributed by atoms with E-state index < -0.39 is 0 Å². The number of hydrogen-bond acceptors (Lipinski definition) is 2. The van der Waals surface area contributed by atoms with Crippen LogP contribution < -0.4 is 0 Å². The summed E-state index contributed by atoms with van der Waals surface area (Å²) in [6, 6.07) is 5.63. The van der Waals surface area contributed by atoms with E-state index in [0.29, 0.717) is 5.56 Å². The molecular weight excluding hydrogens is 183 g/mol. The van der Waals surface area contributed by atoms with E-state index in [1.165, 1.54) is 31.4 Å². The van der Waals surface area contributed by atoms with E-state index in [0.717, 1.165) is 0 Å². The lowest BCUT2D eigenvalue weighted by Gasteiger charge is -1.89. The number of benzene rings is 1. The normalized spacial score (nSPS) is 9.00. The van der Waals surface area contributed by atoms with Crippen LogP contribution in [-0.4, -0.2) is 19.5 Å². The van der Waals surface area contributed by atoms with Crippen molar-refractivity contribution >= 4 is 5.78 Å². The van der Waals surface area contributed by atoms with Crippen molar-refractivity contribution in [3.8, 4) is 11.8 Å². The maximum Gasteiger partial charge on any atom is 0.231 e. The average Bonchev–Trinajstić information content (AvgIpc) is 2.17. The zero-order valence-electron chi connectivity index (χ0n) is 7.71. The molecule has 3 heteroatoms. The van der Waals surface area contributed by atoms with Crippen LogP contribution in [0.5, 0.6) is 0 Å². The third-order valence-electron chi connectivity index (χ3n) is 1.47. The minimum atomic E-state index is -0.321. The summed E-state index contributed by atoms with van der Waals surface area (Å²) in [4.78, 5) is 10.9. The van der Waals surface area contributed by atoms with Crippen LogP contribution in [0.2, 0.25) is 0 Å². The second-order valence-corrected chi connectivity index (χ2v) is 2.61. The Morgan fingerprint density at radius 1 is 1.43 bits per heavy atom. The standard InChI is InChI=1S/C11H9FO2/c1-14-8-11(13)7-4-9-2-5-10(12)6-3-9/h2-3,5-6H,8H2,1H3. The van der Waals surface area contributed by atoms with E-state index in [4.69, 9.17) is 0 Å². The Balaban J connectivity index is 2.68. The number of rotatable bonds is 2. The van der Waals surface area contributed by atoms with Crippen molar-refractivity contribution in [2.24, 2.45) is 0 Å². The molecule has 72 valence electrons. The van der Waals surface area contributed by atoms with Crippen LogP contribution in [0, 0.1) is 17.7 Å². The number of halogens is 1. The van der Waals surface area contributed by atoms with Crippen molar-refractivity contribution in [1.29, 1.82) is 0 Å². The molecule has 1 rings (SSSR count). The molecule has 0 fully saturated rings. The lowest BCUT2D eigenvalue weighted by Crippen LogP contribution is -2.02. The number of carbonyl (C=O) groups excluding carboxylic acids is 1. The minimum Gasteiger partial charge on any atom is -0.376 e. The first-order chi connectivity index (χ1) is 6.72. The molecule has 0 aliphatic heterocycles. The predicted molar refractivity (Wildman–Crippen MR) is 50.2 cm³/mol. The van der Waals surface area contributed by atoms with Gasteiger partial charge in [-0.15, -0.1) is 0 Å². The lowest BCUT2D eigenvalue weighted by atomic mass is 10.2. The highest BCUT2D eigenvalue weighted by Gasteiger charge is 1.93. The van der Waals surface area contributed by atoms with Gasteiger partial charge in [-0.2, -0.15) is 0 Å². The monoisotopic (exact) mass is 192 g/mol. The van der Waals surface area contributed by atoms with Gasteiger partial charge in [0.25, 0.3) is 0 Å². The molecule has 0 unspecified atom stereocenters. The van der Waals surface area contributed by atoms with Gasteiger partial charge in [-0.05, 0) is 30.2 Å². The van der Waals surface area contributed by atoms with Gasteiger partial charge in [0.1, 0.15) is 12.4 Å². The molecule has 0 saturated carbocycles. The second kappa shape index (κ2) is 5.15. The zero-order valence-corrected chi connectivity index (χ0v) is 7.71. The molecule has 0 amide bonds. The van der Waals surface area contributed by atoms with Crippen molar-refractivity contribution < 1.29 is 13.9 Å². The summed E-state index contributed by atoms with van der Waals surface area (Å²) in [5.41, 5.74) is 0.607. The van der Waals surface area contributed by atoms with Gasteiger partial charge in [-0.25, -0.2) is 4.39 Å². The molecule has 0 aliphatic carbocycles. The van der Waals surface area contributed by atoms with Crippen LogP contribution in [0.15, 0.2) is 24.3 Å². The van der Waals surface area contributed by atoms with E-state index in [2.05, 4.69) is 16.6 Å². The third kappa shape index (κ3) is 3.38. The average molecular weight is 192 g/mol. The summed E-state index contributed by atoms with van der Waals surface area (Å²) in [7, 11) is 1.43. The van der Waals surface area contributed by atoms with Gasteiger partial charge in [0.2, 0.25) is 5.78 Å². The molecule has 0 radical (unpaired) electrons. The third-order valence-corrected chi connectivity index (χ3v) is 1.47. The first-order valence-electron chi connectivity index (χ1n) is 4.01. The molecule has 0 heterocycles. The maximum absolute atomic E-state index is 12.5. The van der Waals surface area contributed by atoms with Crippen LogP contribution in [0.1, 0.15) is 5.56 Å². The van der Waals surface area contributed by atoms with Crippen LogP contribution in [0.25, 0.3) is 0 Å². The SMILES string of the molecule is COCC(=O)C#Cc1ccc(F)cc1. The summed E-state index contributed by atoms with van der Waals surface area (Å²) in [6.45, 7) is -0.0196. The molecule has 14 heavy (non-hydrogen) atoms. The number of ketones is 1. The van der Waals surface area contributed by atoms with Gasteiger partial charge in [0.15, 0.2) is 0 Å². The minimum absolute atomic E-state index is 0.0196. The predicted octanol–water partition coefficient (Wildman–Crippen LogP) is 1.39. The van der Waals surface area contributed by atoms with Crippen molar-refractivity contribution in [1.82, 2.24) is 0 Å². The largest absolute Gasteiger partial charge is 0.376 e. The molecule has 0 N–H and O–H groups in total. The Labute approximate surface area is 81.7 Å². The van der Waals surface area contributed by atoms with Gasteiger partial charge in [0, 0.05) is 12.7 Å². The van der Waals surface area contributed by atoms with Gasteiger partial charge in [-0.3, -0.25) is 4.79 Å². The summed E-state index contributed by atoms with van der Waals surface area (Å²) < 4.78 is 17.1. The topological polar surface area (TPSA) is 26.3 Å². The first-order valence-corrected chi connectivity index (χ1v) is 4.01. The van der Waals surface area contributed by atoms with E-state index in [1.807, 2.05) is 0 Å². The van der Waals surface area contributed by atoms with Crippen molar-refractivity contribution in [2.45, 2.75) is 0 Å². The maximum atomic E-state index is 12.5. The smallest absolute Gasteiger partial charge is 0.231 e. The van der Waals surface area contributed by atoms with Crippen LogP contribution >= 0.6 is 0 Å². The Morgan fingerprint density at radius 3 is 2.64 bits per heavy atom. The molecule has 2 nitrogen and oxygen atoms in total. The van der Waals surface area contributed by atoms with E-state index >= 15 is 0 Å². The van der Waals surface area contributed by atoms with Gasteiger partial charge in [-0.1, -0.05) is 5.92 Å². The highest BCUT2D eigenvalue weighted by molar-refractivity contribution is 5.96. The Hall–Kier alpha value is -1.66. The van der Waals surface area contributed by atoms with Crippen molar-refractivity contribution in [3.63, 3.8) is 0 Å². The van der Waals surface area contributed by atoms with E-state index in [-0.39, 0.29) is 18.2 Å². The molecule has 0 aromatic heterocycles. The quantitative estimate of drug-likeness (QED) is 0.662. The van der Waals surface area contributed by atoms with E-state index in [1.54, 1.807) is 0 Å². The van der Waals surface area contributed by atoms with Gasteiger partial charge < -0.3 is 4.74 Å². The van der Waals surface area contributed by atoms with Crippen molar-refractivity contribution in [3.05, 3.63) is 35.6 Å². The van der Waals surface area contributed by atoms with Gasteiger partial charge in [0.05, 0.1) is 0 Å². The number of hydrogen-bond donors (Lipinski definition) is 0. The summed E-state index contributed by atoms with van der Waals surface area (Å²) >= 11 is 0. The van der Waals surface area contributed by atoms with Crippen LogP contribution in [0.4, 0.5) is 4.39 Å². The molecule has 0 saturated heterocycles. The second-order valence-electron chi connectivity index (χ2n) is 2.61. The van der Waals surface area contributed by atoms with Crippen LogP contribution in [0.3, 0.4) is 0 Å². The number of ether oxygens (including phenoxy) is 1. The summed E-state index contributed by atoms with van der Waals surface area (Å²) in [6.07, 6.45) is 0. The molecule has 1 aromatic rings. The van der Waals surface area contributed by atoms with Gasteiger partial charge >= 0.3 is 0 Å². The lowest BCUT2D eigenvalue weighted by molar-refractivity contribution is -0.117. The number of methoxy groups -OCH3 is 1. The first kappa shape index (κ1) is 10.4. The number of Topliss-reactive ketones (excluding diaryl/α,β-unsaturated/α-hetero) is 1. The molecule has 1 aromatic carbocycles. The molecule has 0 atom stereocenters. The van der Waals surface area contributed by atoms with E-state index in [9.17, 15) is 9.18 Å².